The van der Waals surface area contributed by atoms with Crippen LogP contribution in [0, 0.1) is 17.8 Å². The number of alkyl halides is 3. The topological polar surface area (TPSA) is 41.6 Å². The maximum absolute atomic E-state index is 12.6. The van der Waals surface area contributed by atoms with Gasteiger partial charge in [0, 0.05) is 18.7 Å². The molecule has 1 fully saturated rings. The predicted octanol–water partition coefficient (Wildman–Crippen LogP) is 3.10. The molecule has 1 aliphatic heterocycles. The van der Waals surface area contributed by atoms with Crippen LogP contribution in [0.3, 0.4) is 0 Å². The second-order valence-corrected chi connectivity index (χ2v) is 5.72. The lowest BCUT2D eigenvalue weighted by Gasteiger charge is -2.30. The average Bonchev–Trinajstić information content (AvgIpc) is 2.51. The summed E-state index contributed by atoms with van der Waals surface area (Å²) < 4.78 is 37.8. The smallest absolute Gasteiger partial charge is 0.370 e. The van der Waals surface area contributed by atoms with Crippen molar-refractivity contribution < 1.29 is 13.2 Å². The van der Waals surface area contributed by atoms with Crippen LogP contribution in [0.1, 0.15) is 30.9 Å². The summed E-state index contributed by atoms with van der Waals surface area (Å²) in [5, 5.41) is 0. The molecule has 1 saturated heterocycles. The number of aliphatic imine (C=N–C) groups is 1. The Labute approximate surface area is 134 Å². The van der Waals surface area contributed by atoms with Gasteiger partial charge in [-0.15, -0.1) is 0 Å². The highest BCUT2D eigenvalue weighted by molar-refractivity contribution is 5.78. The number of halogens is 3. The fourth-order valence-electron chi connectivity index (χ4n) is 2.37. The molecule has 0 amide bonds. The van der Waals surface area contributed by atoms with Gasteiger partial charge >= 0.3 is 6.18 Å². The van der Waals surface area contributed by atoms with Crippen LogP contribution in [0.4, 0.5) is 13.2 Å². The zero-order valence-electron chi connectivity index (χ0n) is 13.0. The van der Waals surface area contributed by atoms with Crippen LogP contribution in [-0.4, -0.2) is 30.5 Å². The molecule has 0 spiro atoms. The lowest BCUT2D eigenvalue weighted by Crippen LogP contribution is -2.42. The van der Waals surface area contributed by atoms with Crippen molar-refractivity contribution in [2.45, 2.75) is 25.9 Å². The summed E-state index contributed by atoms with van der Waals surface area (Å²) in [4.78, 5) is 6.20. The molecular formula is C17H20F3N3. The number of nitrogens with zero attached hydrogens (tertiary/aromatic N) is 2. The zero-order valence-corrected chi connectivity index (χ0v) is 13.0. The average molecular weight is 323 g/mol. The summed E-state index contributed by atoms with van der Waals surface area (Å²) in [6, 6.07) is 4.95. The Morgan fingerprint density at radius 1 is 1.35 bits per heavy atom. The molecule has 23 heavy (non-hydrogen) atoms. The molecule has 0 aliphatic carbocycles. The molecule has 2 N–H and O–H groups in total. The molecule has 0 bridgehead atoms. The Kier molecular flexibility index (Phi) is 5.54. The summed E-state index contributed by atoms with van der Waals surface area (Å²) in [5.74, 6) is 6.60. The predicted molar refractivity (Wildman–Crippen MR) is 84.8 cm³/mol. The lowest BCUT2D eigenvalue weighted by molar-refractivity contribution is -0.137. The maximum atomic E-state index is 12.6. The van der Waals surface area contributed by atoms with E-state index in [1.54, 1.807) is 6.07 Å². The quantitative estimate of drug-likeness (QED) is 0.490. The van der Waals surface area contributed by atoms with Crippen molar-refractivity contribution in [2.75, 3.05) is 19.6 Å². The monoisotopic (exact) mass is 323 g/mol. The van der Waals surface area contributed by atoms with Gasteiger partial charge in [-0.2, -0.15) is 13.2 Å². The first-order valence-electron chi connectivity index (χ1n) is 7.57. The Morgan fingerprint density at radius 2 is 2.04 bits per heavy atom. The Bertz CT molecular complexity index is 618. The molecule has 1 aromatic carbocycles. The van der Waals surface area contributed by atoms with Crippen LogP contribution in [0.2, 0.25) is 0 Å². The summed E-state index contributed by atoms with van der Waals surface area (Å²) in [7, 11) is 0. The van der Waals surface area contributed by atoms with Gasteiger partial charge in [0.2, 0.25) is 0 Å². The van der Waals surface area contributed by atoms with Crippen LogP contribution in [0.15, 0.2) is 29.3 Å². The highest BCUT2D eigenvalue weighted by Gasteiger charge is 2.30. The molecule has 0 saturated carbocycles. The fourth-order valence-corrected chi connectivity index (χ4v) is 2.37. The molecule has 0 aromatic heterocycles. The van der Waals surface area contributed by atoms with Crippen molar-refractivity contribution >= 4 is 5.96 Å². The van der Waals surface area contributed by atoms with Gasteiger partial charge in [0.25, 0.3) is 0 Å². The maximum Gasteiger partial charge on any atom is 0.416 e. The first-order chi connectivity index (χ1) is 10.9. The normalized spacial score (nSPS) is 16.9. The van der Waals surface area contributed by atoms with Crippen LogP contribution in [0.25, 0.3) is 0 Å². The van der Waals surface area contributed by atoms with Crippen LogP contribution >= 0.6 is 0 Å². The van der Waals surface area contributed by atoms with E-state index in [9.17, 15) is 13.2 Å². The number of piperidine rings is 1. The van der Waals surface area contributed by atoms with E-state index in [4.69, 9.17) is 5.73 Å². The third-order valence-corrected chi connectivity index (χ3v) is 3.85. The number of likely N-dealkylation sites (tertiary alicyclic amines) is 1. The van der Waals surface area contributed by atoms with Gasteiger partial charge in [0.15, 0.2) is 5.96 Å². The number of benzene rings is 1. The first kappa shape index (κ1) is 17.2. The number of nitrogens with two attached hydrogens (primary N) is 1. The highest BCUT2D eigenvalue weighted by atomic mass is 19.4. The minimum Gasteiger partial charge on any atom is -0.370 e. The molecule has 1 aliphatic rings. The summed E-state index contributed by atoms with van der Waals surface area (Å²) in [6.45, 7) is 4.16. The van der Waals surface area contributed by atoms with Crippen molar-refractivity contribution in [3.8, 4) is 11.8 Å². The molecule has 0 radical (unpaired) electrons. The van der Waals surface area contributed by atoms with Crippen LogP contribution < -0.4 is 5.73 Å². The number of guanidine groups is 1. The van der Waals surface area contributed by atoms with E-state index in [0.717, 1.165) is 38.1 Å². The lowest BCUT2D eigenvalue weighted by atomic mass is 10.00. The second kappa shape index (κ2) is 7.40. The molecule has 1 aromatic rings. The van der Waals surface area contributed by atoms with Gasteiger partial charge < -0.3 is 10.6 Å². The van der Waals surface area contributed by atoms with Crippen LogP contribution in [0.5, 0.6) is 0 Å². The van der Waals surface area contributed by atoms with Gasteiger partial charge in [-0.05, 0) is 37.0 Å². The minimum absolute atomic E-state index is 0.175. The van der Waals surface area contributed by atoms with Crippen molar-refractivity contribution in [1.29, 1.82) is 0 Å². The highest BCUT2D eigenvalue weighted by Crippen LogP contribution is 2.29. The van der Waals surface area contributed by atoms with Gasteiger partial charge in [0.05, 0.1) is 5.56 Å². The second-order valence-electron chi connectivity index (χ2n) is 5.72. The molecular weight excluding hydrogens is 303 g/mol. The van der Waals surface area contributed by atoms with E-state index < -0.39 is 11.7 Å². The fraction of sp³-hybridized carbons (Fsp3) is 0.471. The van der Waals surface area contributed by atoms with E-state index in [1.807, 2.05) is 4.90 Å². The van der Waals surface area contributed by atoms with Crippen molar-refractivity contribution in [3.63, 3.8) is 0 Å². The molecule has 124 valence electrons. The first-order valence-corrected chi connectivity index (χ1v) is 7.57. The Morgan fingerprint density at radius 3 is 2.70 bits per heavy atom. The molecule has 0 atom stereocenters. The summed E-state index contributed by atoms with van der Waals surface area (Å²) in [5.41, 5.74) is 5.53. The summed E-state index contributed by atoms with van der Waals surface area (Å²) >= 11 is 0. The van der Waals surface area contributed by atoms with E-state index in [-0.39, 0.29) is 6.54 Å². The van der Waals surface area contributed by atoms with Gasteiger partial charge in [0.1, 0.15) is 6.54 Å². The SMILES string of the molecule is CC1CCN(C(N)=NCC#Cc2cccc(C(F)(F)F)c2)CC1. The largest absolute Gasteiger partial charge is 0.416 e. The minimum atomic E-state index is -4.36. The third kappa shape index (κ3) is 5.20. The molecule has 2 rings (SSSR count). The number of rotatable bonds is 1. The van der Waals surface area contributed by atoms with Gasteiger partial charge in [-0.3, -0.25) is 0 Å². The molecule has 3 nitrogen and oxygen atoms in total. The zero-order chi connectivity index (χ0) is 16.9. The Hall–Kier alpha value is -2.16. The van der Waals surface area contributed by atoms with Gasteiger partial charge in [-0.1, -0.05) is 24.8 Å². The van der Waals surface area contributed by atoms with Crippen molar-refractivity contribution in [1.82, 2.24) is 4.90 Å². The standard InChI is InChI=1S/C17H20F3N3/c1-13-7-10-23(11-8-13)16(21)22-9-3-5-14-4-2-6-15(12-14)17(18,19)20/h2,4,6,12-13H,7-11H2,1H3,(H2,21,22). The van der Waals surface area contributed by atoms with E-state index in [0.29, 0.717) is 17.4 Å². The molecule has 6 heteroatoms. The Balaban J connectivity index is 1.94. The van der Waals surface area contributed by atoms with E-state index in [1.165, 1.54) is 6.07 Å². The molecule has 1 heterocycles. The third-order valence-electron chi connectivity index (χ3n) is 3.85. The van der Waals surface area contributed by atoms with E-state index >= 15 is 0 Å². The summed E-state index contributed by atoms with van der Waals surface area (Å²) in [6.07, 6.45) is -2.18. The number of hydrogen-bond donors (Lipinski definition) is 1. The van der Waals surface area contributed by atoms with Crippen molar-refractivity contribution in [2.24, 2.45) is 16.6 Å². The number of hydrogen-bond acceptors (Lipinski definition) is 1. The molecule has 0 unspecified atom stereocenters. The van der Waals surface area contributed by atoms with Gasteiger partial charge in [-0.25, -0.2) is 4.99 Å². The van der Waals surface area contributed by atoms with Crippen LogP contribution in [-0.2, 0) is 6.18 Å². The van der Waals surface area contributed by atoms with Crippen molar-refractivity contribution in [3.05, 3.63) is 35.4 Å². The van der Waals surface area contributed by atoms with E-state index in [2.05, 4.69) is 23.8 Å².